The zero-order valence-electron chi connectivity index (χ0n) is 10.7. The predicted octanol–water partition coefficient (Wildman–Crippen LogP) is 1.62. The summed E-state index contributed by atoms with van der Waals surface area (Å²) in [6, 6.07) is 4.47. The van der Waals surface area contributed by atoms with Crippen LogP contribution in [0.5, 0.6) is 11.5 Å². The molecule has 96 valence electrons. The van der Waals surface area contributed by atoms with E-state index in [1.165, 1.54) is 11.1 Å². The zero-order valence-corrected chi connectivity index (χ0v) is 10.7. The Balaban J connectivity index is 2.06. The van der Waals surface area contributed by atoms with Gasteiger partial charge < -0.3 is 14.8 Å². The number of Topliss-reactive ketones (excluding diaryl/α,β-unsaturated/α-hetero) is 1. The average molecular weight is 247 g/mol. The molecule has 0 radical (unpaired) electrons. The summed E-state index contributed by atoms with van der Waals surface area (Å²) in [5.41, 5.74) is 2.45. The third kappa shape index (κ3) is 1.77. The molecule has 0 spiro atoms. The molecule has 18 heavy (non-hydrogen) atoms. The molecule has 1 N–H and O–H groups in total. The predicted molar refractivity (Wildman–Crippen MR) is 67.2 cm³/mol. The van der Waals surface area contributed by atoms with Crippen molar-refractivity contribution in [3.63, 3.8) is 0 Å². The minimum atomic E-state index is 0.139. The highest BCUT2D eigenvalue weighted by atomic mass is 16.5. The second kappa shape index (κ2) is 4.28. The van der Waals surface area contributed by atoms with Gasteiger partial charge in [0.1, 0.15) is 5.78 Å². The molecule has 1 saturated heterocycles. The van der Waals surface area contributed by atoms with Gasteiger partial charge in [-0.15, -0.1) is 0 Å². The summed E-state index contributed by atoms with van der Waals surface area (Å²) in [5, 5.41) is 3.51. The Labute approximate surface area is 106 Å². The number of ketones is 1. The van der Waals surface area contributed by atoms with Gasteiger partial charge >= 0.3 is 0 Å². The molecule has 2 unspecified atom stereocenters. The molecular formula is C14H17NO3. The molecule has 2 heterocycles. The smallest absolute Gasteiger partial charge is 0.161 e. The van der Waals surface area contributed by atoms with Crippen molar-refractivity contribution >= 4 is 5.78 Å². The van der Waals surface area contributed by atoms with Gasteiger partial charge in [0.2, 0.25) is 0 Å². The summed E-state index contributed by atoms with van der Waals surface area (Å²) >= 11 is 0. The molecule has 2 aliphatic heterocycles. The summed E-state index contributed by atoms with van der Waals surface area (Å²) in [6.45, 7) is 0. The van der Waals surface area contributed by atoms with E-state index >= 15 is 0 Å². The summed E-state index contributed by atoms with van der Waals surface area (Å²) in [5.74, 6) is 1.85. The highest BCUT2D eigenvalue weighted by Gasteiger charge is 2.34. The molecule has 1 aromatic rings. The lowest BCUT2D eigenvalue weighted by molar-refractivity contribution is -0.121. The first-order chi connectivity index (χ1) is 8.71. The molecule has 0 aliphatic carbocycles. The molecule has 4 nitrogen and oxygen atoms in total. The van der Waals surface area contributed by atoms with Gasteiger partial charge in [0.05, 0.1) is 14.2 Å². The van der Waals surface area contributed by atoms with Crippen molar-refractivity contribution in [3.8, 4) is 11.5 Å². The molecule has 1 aromatic carbocycles. The number of piperidine rings is 1. The van der Waals surface area contributed by atoms with Crippen molar-refractivity contribution in [1.29, 1.82) is 0 Å². The first-order valence-electron chi connectivity index (χ1n) is 6.24. The lowest BCUT2D eigenvalue weighted by Crippen LogP contribution is -2.45. The highest BCUT2D eigenvalue weighted by Crippen LogP contribution is 2.39. The van der Waals surface area contributed by atoms with E-state index in [0.29, 0.717) is 18.6 Å². The van der Waals surface area contributed by atoms with Gasteiger partial charge in [0, 0.05) is 24.9 Å². The molecule has 3 rings (SSSR count). The van der Waals surface area contributed by atoms with Gasteiger partial charge in [-0.05, 0) is 29.7 Å². The summed E-state index contributed by atoms with van der Waals surface area (Å²) in [4.78, 5) is 11.7. The Hall–Kier alpha value is -1.55. The van der Waals surface area contributed by atoms with Crippen molar-refractivity contribution in [2.75, 3.05) is 14.2 Å². The van der Waals surface area contributed by atoms with Gasteiger partial charge in [-0.3, -0.25) is 4.79 Å². The minimum absolute atomic E-state index is 0.139. The number of hydrogen-bond donors (Lipinski definition) is 1. The lowest BCUT2D eigenvalue weighted by Gasteiger charge is -2.37. The molecule has 4 heteroatoms. The van der Waals surface area contributed by atoms with Crippen molar-refractivity contribution in [2.24, 2.45) is 0 Å². The van der Waals surface area contributed by atoms with E-state index < -0.39 is 0 Å². The maximum Gasteiger partial charge on any atom is 0.161 e. The van der Waals surface area contributed by atoms with Crippen LogP contribution in [0.3, 0.4) is 0 Å². The van der Waals surface area contributed by atoms with E-state index in [2.05, 4.69) is 5.32 Å². The first kappa shape index (κ1) is 11.5. The van der Waals surface area contributed by atoms with E-state index in [-0.39, 0.29) is 12.1 Å². The quantitative estimate of drug-likeness (QED) is 0.862. The Morgan fingerprint density at radius 1 is 1.11 bits per heavy atom. The van der Waals surface area contributed by atoms with E-state index in [0.717, 1.165) is 17.9 Å². The lowest BCUT2D eigenvalue weighted by atomic mass is 9.81. The average Bonchev–Trinajstić information content (AvgIpc) is 2.36. The van der Waals surface area contributed by atoms with Crippen molar-refractivity contribution in [2.45, 2.75) is 31.3 Å². The molecule has 2 bridgehead atoms. The fourth-order valence-corrected chi connectivity index (χ4v) is 3.02. The van der Waals surface area contributed by atoms with E-state index in [1.807, 2.05) is 12.1 Å². The topological polar surface area (TPSA) is 47.6 Å². The number of rotatable bonds is 2. The van der Waals surface area contributed by atoms with Crippen LogP contribution in [0.25, 0.3) is 0 Å². The van der Waals surface area contributed by atoms with E-state index in [1.54, 1.807) is 14.2 Å². The molecular weight excluding hydrogens is 230 g/mol. The maximum absolute atomic E-state index is 11.7. The zero-order chi connectivity index (χ0) is 12.7. The van der Waals surface area contributed by atoms with Gasteiger partial charge in [-0.25, -0.2) is 0 Å². The Bertz CT molecular complexity index is 498. The number of carbonyl (C=O) groups excluding carboxylic acids is 1. The highest BCUT2D eigenvalue weighted by molar-refractivity contribution is 5.81. The van der Waals surface area contributed by atoms with Crippen LogP contribution in [0, 0.1) is 0 Å². The SMILES string of the molecule is COc1cc2c(cc1OC)C1CC(=O)CC(C2)N1. The minimum Gasteiger partial charge on any atom is -0.493 e. The fourth-order valence-electron chi connectivity index (χ4n) is 3.02. The third-order valence-electron chi connectivity index (χ3n) is 3.83. The van der Waals surface area contributed by atoms with Gasteiger partial charge in [-0.1, -0.05) is 0 Å². The number of carbonyl (C=O) groups is 1. The van der Waals surface area contributed by atoms with Crippen molar-refractivity contribution in [3.05, 3.63) is 23.3 Å². The molecule has 2 atom stereocenters. The first-order valence-corrected chi connectivity index (χ1v) is 6.24. The standard InChI is InChI=1S/C14H17NO3/c1-17-13-4-8-3-9-5-10(16)6-12(15-9)11(8)7-14(13)18-2/h4,7,9,12,15H,3,5-6H2,1-2H3. The normalized spacial score (nSPS) is 25.6. The summed E-state index contributed by atoms with van der Waals surface area (Å²) in [7, 11) is 3.28. The van der Waals surface area contributed by atoms with Crippen LogP contribution in [0.2, 0.25) is 0 Å². The molecule has 0 aromatic heterocycles. The van der Waals surface area contributed by atoms with Crippen LogP contribution in [-0.2, 0) is 11.2 Å². The molecule has 2 aliphatic rings. The molecule has 0 saturated carbocycles. The largest absolute Gasteiger partial charge is 0.493 e. The number of methoxy groups -OCH3 is 2. The third-order valence-corrected chi connectivity index (χ3v) is 3.83. The summed E-state index contributed by atoms with van der Waals surface area (Å²) in [6.07, 6.45) is 2.11. The van der Waals surface area contributed by atoms with Gasteiger partial charge in [0.25, 0.3) is 0 Å². The monoisotopic (exact) mass is 247 g/mol. The number of fused-ring (bicyclic) bond motifs is 4. The van der Waals surface area contributed by atoms with Gasteiger partial charge in [-0.2, -0.15) is 0 Å². The summed E-state index contributed by atoms with van der Waals surface area (Å²) < 4.78 is 10.7. The van der Waals surface area contributed by atoms with Crippen LogP contribution in [0.15, 0.2) is 12.1 Å². The maximum atomic E-state index is 11.7. The van der Waals surface area contributed by atoms with Crippen LogP contribution < -0.4 is 14.8 Å². The van der Waals surface area contributed by atoms with Crippen LogP contribution in [0.4, 0.5) is 0 Å². The van der Waals surface area contributed by atoms with Crippen molar-refractivity contribution in [1.82, 2.24) is 5.32 Å². The fraction of sp³-hybridized carbons (Fsp3) is 0.500. The Morgan fingerprint density at radius 2 is 1.83 bits per heavy atom. The van der Waals surface area contributed by atoms with Crippen molar-refractivity contribution < 1.29 is 14.3 Å². The molecule has 1 fully saturated rings. The second-order valence-electron chi connectivity index (χ2n) is 4.97. The van der Waals surface area contributed by atoms with E-state index in [4.69, 9.17) is 9.47 Å². The van der Waals surface area contributed by atoms with Gasteiger partial charge in [0.15, 0.2) is 11.5 Å². The number of benzene rings is 1. The number of nitrogens with one attached hydrogen (secondary N) is 1. The number of ether oxygens (including phenoxy) is 2. The van der Waals surface area contributed by atoms with Crippen LogP contribution in [-0.4, -0.2) is 26.0 Å². The van der Waals surface area contributed by atoms with Crippen LogP contribution >= 0.6 is 0 Å². The number of hydrogen-bond acceptors (Lipinski definition) is 4. The van der Waals surface area contributed by atoms with E-state index in [9.17, 15) is 4.79 Å². The van der Waals surface area contributed by atoms with Crippen LogP contribution in [0.1, 0.15) is 30.0 Å². The Morgan fingerprint density at radius 3 is 2.56 bits per heavy atom. The second-order valence-corrected chi connectivity index (χ2v) is 4.97. The Kier molecular flexibility index (Phi) is 2.74. The molecule has 0 amide bonds.